The first-order chi connectivity index (χ1) is 13.5. The van der Waals surface area contributed by atoms with Gasteiger partial charge in [-0.3, -0.25) is 9.89 Å². The van der Waals surface area contributed by atoms with E-state index in [1.165, 1.54) is 0 Å². The molecule has 0 atom stereocenters. The third kappa shape index (κ3) is 3.18. The number of fused-ring (bicyclic) bond motifs is 2. The van der Waals surface area contributed by atoms with Gasteiger partial charge >= 0.3 is 0 Å². The van der Waals surface area contributed by atoms with Crippen molar-refractivity contribution in [3.8, 4) is 0 Å². The molecule has 142 valence electrons. The fraction of sp³-hybridized carbons (Fsp3) is 0.100. The molecule has 0 aliphatic heterocycles. The zero-order chi connectivity index (χ0) is 19.7. The summed E-state index contributed by atoms with van der Waals surface area (Å²) in [6.07, 6.45) is 0.185. The third-order valence-electron chi connectivity index (χ3n) is 4.53. The zero-order valence-corrected chi connectivity index (χ0v) is 15.7. The van der Waals surface area contributed by atoms with Crippen molar-refractivity contribution in [2.24, 2.45) is 5.73 Å². The molecule has 0 saturated heterocycles. The summed E-state index contributed by atoms with van der Waals surface area (Å²) in [7, 11) is -3.82. The highest BCUT2D eigenvalue weighted by Crippen LogP contribution is 2.32. The lowest BCUT2D eigenvalue weighted by molar-refractivity contribution is -0.117. The van der Waals surface area contributed by atoms with Gasteiger partial charge in [0.1, 0.15) is 0 Å². The summed E-state index contributed by atoms with van der Waals surface area (Å²) in [4.78, 5) is 11.1. The molecular weight excluding hydrogens is 376 g/mol. The van der Waals surface area contributed by atoms with Gasteiger partial charge < -0.3 is 11.1 Å². The van der Waals surface area contributed by atoms with Gasteiger partial charge in [-0.15, -0.1) is 0 Å². The van der Waals surface area contributed by atoms with Crippen molar-refractivity contribution >= 4 is 43.1 Å². The summed E-state index contributed by atoms with van der Waals surface area (Å²) in [6, 6.07) is 17.8. The van der Waals surface area contributed by atoms with Crippen LogP contribution in [0.25, 0.3) is 21.7 Å². The molecule has 0 aliphatic carbocycles. The van der Waals surface area contributed by atoms with Gasteiger partial charge in [-0.25, -0.2) is 8.42 Å². The van der Waals surface area contributed by atoms with Gasteiger partial charge in [0, 0.05) is 29.4 Å². The molecule has 0 radical (unpaired) electrons. The minimum Gasteiger partial charge on any atom is -0.385 e. The number of anilines is 1. The summed E-state index contributed by atoms with van der Waals surface area (Å²) in [6.45, 7) is 0.365. The number of carbonyl (C=O) groups is 1. The van der Waals surface area contributed by atoms with Crippen molar-refractivity contribution < 1.29 is 13.2 Å². The minimum absolute atomic E-state index is 0.0393. The Bertz CT molecular complexity index is 1290. The Labute approximate surface area is 161 Å². The second-order valence-corrected chi connectivity index (χ2v) is 8.26. The lowest BCUT2D eigenvalue weighted by Crippen LogP contribution is -2.15. The van der Waals surface area contributed by atoms with Gasteiger partial charge in [-0.2, -0.15) is 5.10 Å². The molecule has 1 heterocycles. The average molecular weight is 394 g/mol. The highest BCUT2D eigenvalue weighted by Gasteiger charge is 2.25. The summed E-state index contributed by atoms with van der Waals surface area (Å²) in [5.74, 6) is -0.406. The van der Waals surface area contributed by atoms with E-state index in [9.17, 15) is 13.2 Å². The number of amides is 1. The van der Waals surface area contributed by atoms with E-state index in [1.54, 1.807) is 36.4 Å². The zero-order valence-electron chi connectivity index (χ0n) is 14.8. The van der Waals surface area contributed by atoms with Crippen molar-refractivity contribution in [1.29, 1.82) is 0 Å². The number of nitrogens with zero attached hydrogens (tertiary/aromatic N) is 1. The number of hydrogen-bond donors (Lipinski definition) is 3. The number of H-pyrrole nitrogens is 1. The smallest absolute Gasteiger partial charge is 0.224 e. The predicted octanol–water partition coefficient (Wildman–Crippen LogP) is 2.84. The first-order valence-electron chi connectivity index (χ1n) is 8.70. The maximum atomic E-state index is 13.4. The minimum atomic E-state index is -3.82. The first kappa shape index (κ1) is 18.0. The maximum absolute atomic E-state index is 13.4. The molecule has 4 aromatic rings. The van der Waals surface area contributed by atoms with Crippen LogP contribution in [0.1, 0.15) is 6.42 Å². The van der Waals surface area contributed by atoms with E-state index in [1.807, 2.05) is 24.3 Å². The lowest BCUT2D eigenvalue weighted by Gasteiger charge is -2.08. The normalized spacial score (nSPS) is 11.7. The van der Waals surface area contributed by atoms with E-state index in [2.05, 4.69) is 15.5 Å². The largest absolute Gasteiger partial charge is 0.385 e. The van der Waals surface area contributed by atoms with Gasteiger partial charge in [-0.1, -0.05) is 36.4 Å². The molecule has 0 spiro atoms. The third-order valence-corrected chi connectivity index (χ3v) is 6.31. The van der Waals surface area contributed by atoms with E-state index in [0.717, 1.165) is 5.39 Å². The number of nitrogens with one attached hydrogen (secondary N) is 2. The molecule has 8 heteroatoms. The standard InChI is InChI=1S/C20H18N4O3S/c21-19(25)10-11-22-14-8-9-17-16(12-14)20(24-23-17)28(26,27)18-7-3-5-13-4-1-2-6-15(13)18/h1-9,12,22H,10-11H2,(H2,21,25)(H,23,24). The Hall–Kier alpha value is -3.39. The van der Waals surface area contributed by atoms with E-state index in [-0.39, 0.29) is 16.3 Å². The van der Waals surface area contributed by atoms with Crippen LogP contribution in [0.3, 0.4) is 0 Å². The van der Waals surface area contributed by atoms with Crippen LogP contribution in [0.5, 0.6) is 0 Å². The van der Waals surface area contributed by atoms with Crippen molar-refractivity contribution in [2.75, 3.05) is 11.9 Å². The Morgan fingerprint density at radius 1 is 1.04 bits per heavy atom. The van der Waals surface area contributed by atoms with Crippen molar-refractivity contribution in [1.82, 2.24) is 10.2 Å². The van der Waals surface area contributed by atoms with Crippen LogP contribution < -0.4 is 11.1 Å². The average Bonchev–Trinajstić information content (AvgIpc) is 3.11. The van der Waals surface area contributed by atoms with Gasteiger partial charge in [0.15, 0.2) is 5.03 Å². The van der Waals surface area contributed by atoms with Crippen LogP contribution in [-0.2, 0) is 14.6 Å². The van der Waals surface area contributed by atoms with Gasteiger partial charge in [0.05, 0.1) is 10.4 Å². The molecule has 1 amide bonds. The fourth-order valence-electron chi connectivity index (χ4n) is 3.17. The summed E-state index contributed by atoms with van der Waals surface area (Å²) >= 11 is 0. The summed E-state index contributed by atoms with van der Waals surface area (Å²) < 4.78 is 26.8. The van der Waals surface area contributed by atoms with Crippen molar-refractivity contribution in [3.63, 3.8) is 0 Å². The van der Waals surface area contributed by atoms with Crippen LogP contribution >= 0.6 is 0 Å². The second kappa shape index (κ2) is 6.97. The second-order valence-electron chi connectivity index (χ2n) is 6.41. The van der Waals surface area contributed by atoms with E-state index >= 15 is 0 Å². The van der Waals surface area contributed by atoms with E-state index in [0.29, 0.717) is 28.5 Å². The van der Waals surface area contributed by atoms with Crippen LogP contribution in [0.4, 0.5) is 5.69 Å². The molecular formula is C20H18N4O3S. The molecule has 28 heavy (non-hydrogen) atoms. The van der Waals surface area contributed by atoms with Gasteiger partial charge in [-0.05, 0) is 29.7 Å². The molecule has 0 saturated carbocycles. The molecule has 1 aromatic heterocycles. The monoisotopic (exact) mass is 394 g/mol. The number of nitrogens with two attached hydrogens (primary N) is 1. The summed E-state index contributed by atoms with van der Waals surface area (Å²) in [5, 5.41) is 11.9. The Balaban J connectivity index is 1.80. The topological polar surface area (TPSA) is 118 Å². The van der Waals surface area contributed by atoms with Gasteiger partial charge in [0.25, 0.3) is 0 Å². The summed E-state index contributed by atoms with van der Waals surface area (Å²) in [5.41, 5.74) is 6.37. The molecule has 0 unspecified atom stereocenters. The maximum Gasteiger partial charge on any atom is 0.224 e. The first-order valence-corrected chi connectivity index (χ1v) is 10.2. The molecule has 0 fully saturated rings. The van der Waals surface area contributed by atoms with Crippen molar-refractivity contribution in [2.45, 2.75) is 16.3 Å². The number of hydrogen-bond acceptors (Lipinski definition) is 5. The van der Waals surface area contributed by atoms with Crippen LogP contribution in [-0.4, -0.2) is 31.1 Å². The highest BCUT2D eigenvalue weighted by atomic mass is 32.2. The van der Waals surface area contributed by atoms with Crippen LogP contribution in [0.15, 0.2) is 70.6 Å². The number of carbonyl (C=O) groups excluding carboxylic acids is 1. The molecule has 0 aliphatic rings. The Morgan fingerprint density at radius 3 is 2.64 bits per heavy atom. The Kier molecular flexibility index (Phi) is 4.48. The van der Waals surface area contributed by atoms with Crippen molar-refractivity contribution in [3.05, 3.63) is 60.7 Å². The number of aromatic amines is 1. The van der Waals surface area contributed by atoms with Gasteiger partial charge in [0.2, 0.25) is 15.7 Å². The fourth-order valence-corrected chi connectivity index (χ4v) is 4.74. The SMILES string of the molecule is NC(=O)CCNc1ccc2n[nH]c(S(=O)(=O)c3cccc4ccccc34)c2c1. The molecule has 3 aromatic carbocycles. The number of aromatic nitrogens is 2. The molecule has 4 rings (SSSR count). The number of rotatable bonds is 6. The lowest BCUT2D eigenvalue weighted by atomic mass is 10.1. The molecule has 4 N–H and O–H groups in total. The quantitative estimate of drug-likeness (QED) is 0.465. The molecule has 7 nitrogen and oxygen atoms in total. The highest BCUT2D eigenvalue weighted by molar-refractivity contribution is 7.91. The van der Waals surface area contributed by atoms with E-state index in [4.69, 9.17) is 5.73 Å². The number of primary amides is 1. The van der Waals surface area contributed by atoms with Crippen LogP contribution in [0, 0.1) is 0 Å². The van der Waals surface area contributed by atoms with Crippen LogP contribution in [0.2, 0.25) is 0 Å². The molecule has 0 bridgehead atoms. The van der Waals surface area contributed by atoms with E-state index < -0.39 is 15.7 Å². The number of benzene rings is 3. The predicted molar refractivity (Wildman–Crippen MR) is 108 cm³/mol. The number of sulfone groups is 1. The Morgan fingerprint density at radius 2 is 1.82 bits per heavy atom.